The molecule has 1 aliphatic carbocycles. The Hall–Kier alpha value is -0.780. The Bertz CT molecular complexity index is 365. The minimum absolute atomic E-state index is 0.793. The van der Waals surface area contributed by atoms with Crippen molar-refractivity contribution in [2.24, 2.45) is 11.8 Å². The number of hydrogen-bond acceptors (Lipinski definition) is 0. The quantitative estimate of drug-likeness (QED) is 0.459. The molecule has 0 spiro atoms. The van der Waals surface area contributed by atoms with E-state index in [1.807, 2.05) is 0 Å². The van der Waals surface area contributed by atoms with Gasteiger partial charge in [-0.15, -0.1) is 0 Å². The third-order valence-electron chi connectivity index (χ3n) is 4.68. The first kappa shape index (κ1) is 17.3. The maximum absolute atomic E-state index is 2.50. The third kappa shape index (κ3) is 7.12. The summed E-state index contributed by atoms with van der Waals surface area (Å²) in [5.41, 5.74) is 4.71. The van der Waals surface area contributed by atoms with Crippen LogP contribution < -0.4 is 0 Å². The molecule has 114 valence electrons. The van der Waals surface area contributed by atoms with Crippen molar-refractivity contribution in [3.05, 3.63) is 34.9 Å². The van der Waals surface area contributed by atoms with Crippen LogP contribution in [0.2, 0.25) is 0 Å². The van der Waals surface area contributed by atoms with E-state index in [0.29, 0.717) is 0 Å². The van der Waals surface area contributed by atoms with Gasteiger partial charge < -0.3 is 0 Å². The Labute approximate surface area is 127 Å². The molecule has 1 rings (SSSR count). The molecule has 0 bridgehead atoms. The van der Waals surface area contributed by atoms with E-state index in [9.17, 15) is 0 Å². The number of allylic oxidation sites excluding steroid dienone is 6. The van der Waals surface area contributed by atoms with Crippen molar-refractivity contribution in [3.63, 3.8) is 0 Å². The Morgan fingerprint density at radius 1 is 0.800 bits per heavy atom. The van der Waals surface area contributed by atoms with E-state index in [1.54, 1.807) is 16.7 Å². The molecule has 0 saturated carbocycles. The van der Waals surface area contributed by atoms with Gasteiger partial charge in [-0.1, -0.05) is 48.8 Å². The average Bonchev–Trinajstić information content (AvgIpc) is 2.37. The van der Waals surface area contributed by atoms with Crippen LogP contribution in [-0.2, 0) is 0 Å². The van der Waals surface area contributed by atoms with Gasteiger partial charge in [0.15, 0.2) is 0 Å². The molecule has 0 nitrogen and oxygen atoms in total. The van der Waals surface area contributed by atoms with Gasteiger partial charge in [-0.2, -0.15) is 0 Å². The lowest BCUT2D eigenvalue weighted by Gasteiger charge is -2.20. The minimum Gasteiger partial charge on any atom is -0.0853 e. The van der Waals surface area contributed by atoms with Crippen molar-refractivity contribution in [1.82, 2.24) is 0 Å². The smallest absolute Gasteiger partial charge is 0.0288 e. The van der Waals surface area contributed by atoms with Gasteiger partial charge in [0.05, 0.1) is 0 Å². The highest BCUT2D eigenvalue weighted by Crippen LogP contribution is 2.25. The Balaban J connectivity index is 2.75. The molecule has 0 N–H and O–H groups in total. The highest BCUT2D eigenvalue weighted by Gasteiger charge is 2.12. The summed E-state index contributed by atoms with van der Waals surface area (Å²) in [5.74, 6) is 1.63. The second kappa shape index (κ2) is 9.21. The van der Waals surface area contributed by atoms with E-state index in [1.165, 1.54) is 44.9 Å². The fourth-order valence-corrected chi connectivity index (χ4v) is 2.89. The molecule has 0 saturated heterocycles. The molecule has 0 amide bonds. The van der Waals surface area contributed by atoms with Crippen molar-refractivity contribution >= 4 is 0 Å². The van der Waals surface area contributed by atoms with Crippen molar-refractivity contribution in [1.29, 1.82) is 0 Å². The second-order valence-corrected chi connectivity index (χ2v) is 7.01. The summed E-state index contributed by atoms with van der Waals surface area (Å²) in [6.45, 7) is 11.6. The summed E-state index contributed by atoms with van der Waals surface area (Å²) >= 11 is 0. The normalized spacial score (nSPS) is 23.7. The fourth-order valence-electron chi connectivity index (χ4n) is 2.89. The molecule has 1 unspecified atom stereocenters. The van der Waals surface area contributed by atoms with Crippen LogP contribution in [0.3, 0.4) is 0 Å². The summed E-state index contributed by atoms with van der Waals surface area (Å²) in [6, 6.07) is 0. The van der Waals surface area contributed by atoms with Crippen LogP contribution in [0.4, 0.5) is 0 Å². The highest BCUT2D eigenvalue weighted by atomic mass is 14.2. The van der Waals surface area contributed by atoms with Crippen LogP contribution in [-0.4, -0.2) is 0 Å². The Kier molecular flexibility index (Phi) is 7.95. The predicted molar refractivity (Wildman–Crippen MR) is 91.9 cm³/mol. The van der Waals surface area contributed by atoms with Crippen LogP contribution in [0.15, 0.2) is 34.9 Å². The molecule has 1 aliphatic rings. The molecule has 0 aromatic heterocycles. The highest BCUT2D eigenvalue weighted by molar-refractivity contribution is 5.07. The zero-order chi connectivity index (χ0) is 15.0. The molecule has 0 radical (unpaired) electrons. The minimum atomic E-state index is 0.793. The van der Waals surface area contributed by atoms with Gasteiger partial charge in [0.2, 0.25) is 0 Å². The Morgan fingerprint density at radius 2 is 1.30 bits per heavy atom. The van der Waals surface area contributed by atoms with E-state index in [4.69, 9.17) is 0 Å². The first-order valence-corrected chi connectivity index (χ1v) is 8.46. The van der Waals surface area contributed by atoms with Crippen molar-refractivity contribution in [2.75, 3.05) is 0 Å². The second-order valence-electron chi connectivity index (χ2n) is 7.01. The lowest BCUT2D eigenvalue weighted by molar-refractivity contribution is 0.362. The molecule has 0 aliphatic heterocycles. The summed E-state index contributed by atoms with van der Waals surface area (Å²) in [7, 11) is 0. The van der Waals surface area contributed by atoms with Gasteiger partial charge in [0.25, 0.3) is 0 Å². The third-order valence-corrected chi connectivity index (χ3v) is 4.68. The lowest BCUT2D eigenvalue weighted by atomic mass is 9.86. The van der Waals surface area contributed by atoms with Gasteiger partial charge in [-0.3, -0.25) is 0 Å². The van der Waals surface area contributed by atoms with E-state index in [-0.39, 0.29) is 0 Å². The molecule has 0 heteroatoms. The van der Waals surface area contributed by atoms with Crippen LogP contribution in [0.25, 0.3) is 0 Å². The monoisotopic (exact) mass is 274 g/mol. The topological polar surface area (TPSA) is 0 Å². The molecular formula is C20H34. The summed E-state index contributed by atoms with van der Waals surface area (Å²) < 4.78 is 0. The van der Waals surface area contributed by atoms with E-state index < -0.39 is 0 Å². The largest absolute Gasteiger partial charge is 0.0853 e. The maximum Gasteiger partial charge on any atom is -0.0288 e. The average molecular weight is 274 g/mol. The van der Waals surface area contributed by atoms with Crippen LogP contribution >= 0.6 is 0 Å². The number of hydrogen-bond donors (Lipinski definition) is 0. The number of rotatable bonds is 1. The van der Waals surface area contributed by atoms with Crippen molar-refractivity contribution in [2.45, 2.75) is 79.6 Å². The van der Waals surface area contributed by atoms with Crippen molar-refractivity contribution < 1.29 is 0 Å². The standard InChI is InChI=1S/C20H34/c1-16(2)20-14-12-18(4)10-6-8-17(3)9-7-11-19(5)13-15-20/h8,11-12,16,20H,6-7,9-10,13-15H2,1-5H3. The molecular weight excluding hydrogens is 240 g/mol. The summed E-state index contributed by atoms with van der Waals surface area (Å²) in [6.07, 6.45) is 16.2. The first-order chi connectivity index (χ1) is 9.49. The van der Waals surface area contributed by atoms with Gasteiger partial charge in [-0.25, -0.2) is 0 Å². The van der Waals surface area contributed by atoms with Gasteiger partial charge in [0, 0.05) is 0 Å². The Morgan fingerprint density at radius 3 is 1.85 bits per heavy atom. The van der Waals surface area contributed by atoms with E-state index >= 15 is 0 Å². The molecule has 0 aromatic carbocycles. The zero-order valence-corrected chi connectivity index (χ0v) is 14.3. The fraction of sp³-hybridized carbons (Fsp3) is 0.700. The molecule has 1 atom stereocenters. The van der Waals surface area contributed by atoms with Gasteiger partial charge in [-0.05, 0) is 77.6 Å². The zero-order valence-electron chi connectivity index (χ0n) is 14.3. The summed E-state index contributed by atoms with van der Waals surface area (Å²) in [4.78, 5) is 0. The van der Waals surface area contributed by atoms with Crippen LogP contribution in [0.1, 0.15) is 79.6 Å². The van der Waals surface area contributed by atoms with Gasteiger partial charge in [0.1, 0.15) is 0 Å². The van der Waals surface area contributed by atoms with E-state index in [0.717, 1.165) is 11.8 Å². The molecule has 0 aromatic rings. The van der Waals surface area contributed by atoms with Crippen LogP contribution in [0, 0.1) is 11.8 Å². The van der Waals surface area contributed by atoms with E-state index in [2.05, 4.69) is 52.8 Å². The predicted octanol–water partition coefficient (Wildman–Crippen LogP) is 6.84. The molecule has 0 heterocycles. The van der Waals surface area contributed by atoms with Crippen molar-refractivity contribution in [3.8, 4) is 0 Å². The lowest BCUT2D eigenvalue weighted by Crippen LogP contribution is -2.08. The first-order valence-electron chi connectivity index (χ1n) is 8.46. The molecule has 0 fully saturated rings. The molecule has 20 heavy (non-hydrogen) atoms. The van der Waals surface area contributed by atoms with Crippen LogP contribution in [0.5, 0.6) is 0 Å². The summed E-state index contributed by atoms with van der Waals surface area (Å²) in [5, 5.41) is 0. The SMILES string of the molecule is CC1=CCCC(C)=CCC(C(C)C)CCC(C)=CCC1. The maximum atomic E-state index is 2.50. The van der Waals surface area contributed by atoms with Gasteiger partial charge >= 0.3 is 0 Å².